The van der Waals surface area contributed by atoms with E-state index in [-0.39, 0.29) is 6.03 Å². The number of likely N-dealkylation sites (tertiary alicyclic amines) is 1. The molecule has 1 spiro atoms. The van der Waals surface area contributed by atoms with Gasteiger partial charge in [-0.15, -0.1) is 0 Å². The van der Waals surface area contributed by atoms with Gasteiger partial charge < -0.3 is 15.1 Å². The molecule has 0 atom stereocenters. The zero-order valence-corrected chi connectivity index (χ0v) is 14.1. The Hall–Kier alpha value is -1.26. The maximum Gasteiger partial charge on any atom is 0.317 e. The van der Waals surface area contributed by atoms with Crippen LogP contribution in [0.25, 0.3) is 0 Å². The Morgan fingerprint density at radius 2 is 1.73 bits per heavy atom. The van der Waals surface area contributed by atoms with E-state index in [4.69, 9.17) is 0 Å². The number of carbonyl (C=O) groups excluding carboxylic acids is 2. The van der Waals surface area contributed by atoms with Crippen LogP contribution in [0.15, 0.2) is 0 Å². The summed E-state index contributed by atoms with van der Waals surface area (Å²) in [6.07, 6.45) is 6.53. The summed E-state index contributed by atoms with van der Waals surface area (Å²) in [4.78, 5) is 27.7. The lowest BCUT2D eigenvalue weighted by Crippen LogP contribution is -2.57. The first-order chi connectivity index (χ1) is 10.4. The Morgan fingerprint density at radius 1 is 1.14 bits per heavy atom. The Labute approximate surface area is 133 Å². The first-order valence-electron chi connectivity index (χ1n) is 8.65. The third-order valence-corrected chi connectivity index (χ3v) is 5.95. The monoisotopic (exact) mass is 307 g/mol. The lowest BCUT2D eigenvalue weighted by molar-refractivity contribution is -0.143. The molecule has 0 aromatic rings. The molecule has 5 heteroatoms. The minimum Gasteiger partial charge on any atom is -0.342 e. The molecule has 124 valence electrons. The summed E-state index contributed by atoms with van der Waals surface area (Å²) < 4.78 is 0. The van der Waals surface area contributed by atoms with Crippen LogP contribution in [0.1, 0.15) is 45.4 Å². The fourth-order valence-corrected chi connectivity index (χ4v) is 4.36. The van der Waals surface area contributed by atoms with Crippen LogP contribution in [-0.2, 0) is 4.79 Å². The molecule has 1 heterocycles. The van der Waals surface area contributed by atoms with Crippen LogP contribution in [0, 0.1) is 17.3 Å². The van der Waals surface area contributed by atoms with Gasteiger partial charge in [0.15, 0.2) is 0 Å². The number of hydrogen-bond acceptors (Lipinski definition) is 2. The topological polar surface area (TPSA) is 52.7 Å². The Balaban J connectivity index is 1.41. The summed E-state index contributed by atoms with van der Waals surface area (Å²) in [6.45, 7) is 4.06. The molecule has 1 aliphatic heterocycles. The molecular formula is C17H29N3O2. The van der Waals surface area contributed by atoms with Crippen LogP contribution in [0.4, 0.5) is 4.79 Å². The predicted octanol–water partition coefficient (Wildman–Crippen LogP) is 2.07. The quantitative estimate of drug-likeness (QED) is 0.849. The van der Waals surface area contributed by atoms with Crippen molar-refractivity contribution < 1.29 is 9.59 Å². The van der Waals surface area contributed by atoms with E-state index in [1.165, 1.54) is 0 Å². The predicted molar refractivity (Wildman–Crippen MR) is 85.4 cm³/mol. The van der Waals surface area contributed by atoms with Crippen LogP contribution < -0.4 is 5.32 Å². The first-order valence-corrected chi connectivity index (χ1v) is 8.65. The summed E-state index contributed by atoms with van der Waals surface area (Å²) in [7, 11) is 3.55. The minimum atomic E-state index is 0.00608. The minimum absolute atomic E-state index is 0.00608. The fraction of sp³-hybridized carbons (Fsp3) is 0.882. The van der Waals surface area contributed by atoms with E-state index in [9.17, 15) is 9.59 Å². The number of urea groups is 1. The second kappa shape index (κ2) is 5.74. The number of carbonyl (C=O) groups is 2. The van der Waals surface area contributed by atoms with Gasteiger partial charge in [0.25, 0.3) is 0 Å². The highest BCUT2D eigenvalue weighted by atomic mass is 16.2. The zero-order chi connectivity index (χ0) is 15.9. The molecule has 0 radical (unpaired) electrons. The van der Waals surface area contributed by atoms with Gasteiger partial charge in [-0.05, 0) is 49.9 Å². The van der Waals surface area contributed by atoms with Gasteiger partial charge in [-0.2, -0.15) is 0 Å². The number of nitrogens with zero attached hydrogens (tertiary/aromatic N) is 2. The molecule has 1 N–H and O–H groups in total. The standard InChI is InChI=1S/C17H29N3O2/c1-12-8-13(9-12)15(21)20-6-4-17(5-7-20)10-14(11-17)18-16(22)19(2)3/h12-14H,4-11H2,1-3H3,(H,18,22). The van der Waals surface area contributed by atoms with Gasteiger partial charge in [-0.1, -0.05) is 6.92 Å². The normalized spacial score (nSPS) is 30.4. The van der Waals surface area contributed by atoms with E-state index in [0.29, 0.717) is 23.3 Å². The van der Waals surface area contributed by atoms with Gasteiger partial charge in [0.05, 0.1) is 0 Å². The summed E-state index contributed by atoms with van der Waals surface area (Å²) in [5.41, 5.74) is 0.383. The van der Waals surface area contributed by atoms with Crippen LogP contribution in [0.3, 0.4) is 0 Å². The highest BCUT2D eigenvalue weighted by Crippen LogP contribution is 2.49. The van der Waals surface area contributed by atoms with Crippen molar-refractivity contribution in [2.45, 2.75) is 51.5 Å². The third kappa shape index (κ3) is 2.95. The van der Waals surface area contributed by atoms with Crippen molar-refractivity contribution in [1.82, 2.24) is 15.1 Å². The van der Waals surface area contributed by atoms with Crippen molar-refractivity contribution in [3.05, 3.63) is 0 Å². The van der Waals surface area contributed by atoms with E-state index >= 15 is 0 Å². The second-order valence-corrected chi connectivity index (χ2v) is 8.05. The number of nitrogens with one attached hydrogen (secondary N) is 1. The maximum absolute atomic E-state index is 12.4. The molecule has 5 nitrogen and oxygen atoms in total. The summed E-state index contributed by atoms with van der Waals surface area (Å²) in [6, 6.07) is 0.330. The number of hydrogen-bond donors (Lipinski definition) is 1. The van der Waals surface area contributed by atoms with Gasteiger partial charge in [-0.3, -0.25) is 4.79 Å². The summed E-state index contributed by atoms with van der Waals surface area (Å²) in [5, 5.41) is 3.07. The molecular weight excluding hydrogens is 278 g/mol. The smallest absolute Gasteiger partial charge is 0.317 e. The molecule has 0 bridgehead atoms. The molecule has 0 aromatic carbocycles. The van der Waals surface area contributed by atoms with E-state index in [2.05, 4.69) is 17.1 Å². The van der Waals surface area contributed by atoms with Crippen molar-refractivity contribution in [1.29, 1.82) is 0 Å². The number of piperidine rings is 1. The SMILES string of the molecule is CC1CC(C(=O)N2CCC3(CC2)CC(NC(=O)N(C)C)C3)C1. The van der Waals surface area contributed by atoms with E-state index in [1.807, 2.05) is 0 Å². The maximum atomic E-state index is 12.4. The lowest BCUT2D eigenvalue weighted by Gasteiger charge is -2.53. The summed E-state index contributed by atoms with van der Waals surface area (Å²) >= 11 is 0. The van der Waals surface area contributed by atoms with Crippen LogP contribution in [0.5, 0.6) is 0 Å². The average molecular weight is 307 g/mol. The van der Waals surface area contributed by atoms with Crippen molar-refractivity contribution in [2.75, 3.05) is 27.2 Å². The van der Waals surface area contributed by atoms with Gasteiger partial charge in [0, 0.05) is 39.1 Å². The molecule has 0 aromatic heterocycles. The van der Waals surface area contributed by atoms with Crippen molar-refractivity contribution in [2.24, 2.45) is 17.3 Å². The zero-order valence-electron chi connectivity index (χ0n) is 14.1. The van der Waals surface area contributed by atoms with Crippen LogP contribution in [0.2, 0.25) is 0 Å². The van der Waals surface area contributed by atoms with E-state index < -0.39 is 0 Å². The Kier molecular flexibility index (Phi) is 4.08. The van der Waals surface area contributed by atoms with Crippen molar-refractivity contribution >= 4 is 11.9 Å². The van der Waals surface area contributed by atoms with E-state index in [0.717, 1.165) is 57.5 Å². The molecule has 2 saturated carbocycles. The molecule has 3 rings (SSSR count). The van der Waals surface area contributed by atoms with Crippen molar-refractivity contribution in [3.8, 4) is 0 Å². The van der Waals surface area contributed by atoms with Crippen molar-refractivity contribution in [3.63, 3.8) is 0 Å². The van der Waals surface area contributed by atoms with Gasteiger partial charge in [0.2, 0.25) is 5.91 Å². The largest absolute Gasteiger partial charge is 0.342 e. The molecule has 3 amide bonds. The second-order valence-electron chi connectivity index (χ2n) is 8.05. The molecule has 0 unspecified atom stereocenters. The van der Waals surface area contributed by atoms with Gasteiger partial charge in [0.1, 0.15) is 0 Å². The van der Waals surface area contributed by atoms with Gasteiger partial charge in [-0.25, -0.2) is 4.79 Å². The molecule has 2 aliphatic carbocycles. The van der Waals surface area contributed by atoms with Crippen LogP contribution >= 0.6 is 0 Å². The average Bonchev–Trinajstić information content (AvgIpc) is 2.42. The highest BCUT2D eigenvalue weighted by Gasteiger charge is 2.47. The summed E-state index contributed by atoms with van der Waals surface area (Å²) in [5.74, 6) is 1.43. The molecule has 1 saturated heterocycles. The third-order valence-electron chi connectivity index (χ3n) is 5.95. The molecule has 3 aliphatic rings. The fourth-order valence-electron chi connectivity index (χ4n) is 4.36. The van der Waals surface area contributed by atoms with Crippen LogP contribution in [-0.4, -0.2) is 55.0 Å². The van der Waals surface area contributed by atoms with E-state index in [1.54, 1.807) is 19.0 Å². The lowest BCUT2D eigenvalue weighted by atomic mass is 9.60. The Morgan fingerprint density at radius 3 is 2.23 bits per heavy atom. The number of amides is 3. The number of rotatable bonds is 2. The Bertz CT molecular complexity index is 441. The molecule has 3 fully saturated rings. The molecule has 22 heavy (non-hydrogen) atoms. The van der Waals surface area contributed by atoms with Gasteiger partial charge >= 0.3 is 6.03 Å². The first kappa shape index (κ1) is 15.6. The highest BCUT2D eigenvalue weighted by molar-refractivity contribution is 5.79.